The van der Waals surface area contributed by atoms with Gasteiger partial charge >= 0.3 is 0 Å². The molecule has 0 bridgehead atoms. The maximum atomic E-state index is 11.8. The van der Waals surface area contributed by atoms with Crippen LogP contribution >= 0.6 is 0 Å². The molecule has 5 heteroatoms. The van der Waals surface area contributed by atoms with Crippen molar-refractivity contribution in [2.75, 3.05) is 20.1 Å². The Morgan fingerprint density at radius 3 is 2.31 bits per heavy atom. The van der Waals surface area contributed by atoms with Crippen LogP contribution in [0.4, 0.5) is 0 Å². The van der Waals surface area contributed by atoms with Crippen LogP contribution in [0.15, 0.2) is 0 Å². The molecule has 0 aromatic heterocycles. The highest BCUT2D eigenvalue weighted by Gasteiger charge is 2.42. The molecule has 2 fully saturated rings. The minimum Gasteiger partial charge on any atom is -0.317 e. The average Bonchev–Trinajstić information content (AvgIpc) is 1.77. The number of nitrogens with zero attached hydrogens (tertiary/aromatic N) is 1. The first kappa shape index (κ1) is 9.43. The fraction of sp³-hybridized carbons (Fsp3) is 1.00. The predicted molar refractivity (Wildman–Crippen MR) is 51.0 cm³/mol. The van der Waals surface area contributed by atoms with Gasteiger partial charge in [-0.15, -0.1) is 0 Å². The third-order valence-corrected chi connectivity index (χ3v) is 5.41. The maximum absolute atomic E-state index is 11.8. The summed E-state index contributed by atoms with van der Waals surface area (Å²) in [6.45, 7) is 1.48. The van der Waals surface area contributed by atoms with Gasteiger partial charge in [-0.05, 0) is 26.3 Å². The van der Waals surface area contributed by atoms with Gasteiger partial charge < -0.3 is 5.32 Å². The summed E-state index contributed by atoms with van der Waals surface area (Å²) in [7, 11) is -1.03. The average molecular weight is 204 g/mol. The molecule has 0 atom stereocenters. The molecule has 4 nitrogen and oxygen atoms in total. The molecule has 0 unspecified atom stereocenters. The summed E-state index contributed by atoms with van der Waals surface area (Å²) >= 11 is 0. The van der Waals surface area contributed by atoms with E-state index < -0.39 is 10.0 Å². The first-order valence-electron chi connectivity index (χ1n) is 4.81. The van der Waals surface area contributed by atoms with Gasteiger partial charge in [-0.25, -0.2) is 12.7 Å². The van der Waals surface area contributed by atoms with Gasteiger partial charge in [0.05, 0.1) is 5.25 Å². The molecular weight excluding hydrogens is 188 g/mol. The second-order valence-corrected chi connectivity index (χ2v) is 6.09. The lowest BCUT2D eigenvalue weighted by molar-refractivity contribution is 0.282. The van der Waals surface area contributed by atoms with E-state index in [2.05, 4.69) is 5.32 Å². The van der Waals surface area contributed by atoms with E-state index in [-0.39, 0.29) is 5.25 Å². The Hall–Kier alpha value is -0.130. The minimum absolute atomic E-state index is 0.106. The number of nitrogens with one attached hydrogen (secondary N) is 1. The molecule has 1 aliphatic heterocycles. The van der Waals surface area contributed by atoms with E-state index in [9.17, 15) is 8.42 Å². The lowest BCUT2D eigenvalue weighted by Crippen LogP contribution is -2.54. The Kier molecular flexibility index (Phi) is 2.33. The third kappa shape index (κ3) is 1.49. The van der Waals surface area contributed by atoms with Crippen LogP contribution in [0.1, 0.15) is 19.3 Å². The molecule has 1 N–H and O–H groups in total. The zero-order chi connectivity index (χ0) is 9.47. The van der Waals surface area contributed by atoms with Crippen LogP contribution in [0, 0.1) is 0 Å². The highest BCUT2D eigenvalue weighted by molar-refractivity contribution is 7.89. The monoisotopic (exact) mass is 204 g/mol. The van der Waals surface area contributed by atoms with Gasteiger partial charge in [0.1, 0.15) is 0 Å². The van der Waals surface area contributed by atoms with Crippen molar-refractivity contribution in [1.82, 2.24) is 9.62 Å². The zero-order valence-corrected chi connectivity index (χ0v) is 8.68. The van der Waals surface area contributed by atoms with Gasteiger partial charge in [-0.1, -0.05) is 0 Å². The molecule has 1 saturated heterocycles. The van der Waals surface area contributed by atoms with Gasteiger partial charge in [-0.2, -0.15) is 0 Å². The van der Waals surface area contributed by atoms with Crippen LogP contribution in [0.5, 0.6) is 0 Å². The topological polar surface area (TPSA) is 49.4 Å². The molecule has 0 radical (unpaired) electrons. The summed E-state index contributed by atoms with van der Waals surface area (Å²) in [4.78, 5) is 0. The first-order chi connectivity index (χ1) is 6.14. The molecule has 13 heavy (non-hydrogen) atoms. The van der Waals surface area contributed by atoms with Crippen molar-refractivity contribution < 1.29 is 8.42 Å². The van der Waals surface area contributed by atoms with Crippen LogP contribution in [0.3, 0.4) is 0 Å². The summed E-state index contributed by atoms with van der Waals surface area (Å²) in [5.41, 5.74) is 0. The highest BCUT2D eigenvalue weighted by Crippen LogP contribution is 2.30. The van der Waals surface area contributed by atoms with Gasteiger partial charge in [0.15, 0.2) is 0 Å². The maximum Gasteiger partial charge on any atom is 0.217 e. The number of hydrogen-bond donors (Lipinski definition) is 1. The van der Waals surface area contributed by atoms with Crippen molar-refractivity contribution in [3.8, 4) is 0 Å². The number of sulfonamides is 1. The van der Waals surface area contributed by atoms with Crippen LogP contribution in [0.2, 0.25) is 0 Å². The van der Waals surface area contributed by atoms with Gasteiger partial charge in [0.2, 0.25) is 10.0 Å². The van der Waals surface area contributed by atoms with Crippen molar-refractivity contribution in [2.45, 2.75) is 30.6 Å². The number of hydrogen-bond acceptors (Lipinski definition) is 3. The van der Waals surface area contributed by atoms with Crippen LogP contribution in [-0.4, -0.2) is 44.2 Å². The second kappa shape index (κ2) is 3.22. The molecule has 0 amide bonds. The molecule has 1 aliphatic carbocycles. The molecule has 0 spiro atoms. The van der Waals surface area contributed by atoms with Gasteiger partial charge in [-0.3, -0.25) is 0 Å². The molecule has 1 saturated carbocycles. The van der Waals surface area contributed by atoms with Crippen LogP contribution < -0.4 is 5.32 Å². The lowest BCUT2D eigenvalue weighted by Gasteiger charge is -2.40. The summed E-state index contributed by atoms with van der Waals surface area (Å²) in [5.74, 6) is 0. The quantitative estimate of drug-likeness (QED) is 0.691. The molecule has 2 rings (SSSR count). The highest BCUT2D eigenvalue weighted by atomic mass is 32.2. The molecule has 76 valence electrons. The van der Waals surface area contributed by atoms with E-state index in [4.69, 9.17) is 0 Å². The summed E-state index contributed by atoms with van der Waals surface area (Å²) in [6, 6.07) is 0.418. The van der Waals surface area contributed by atoms with E-state index >= 15 is 0 Å². The first-order valence-corrected chi connectivity index (χ1v) is 6.31. The summed E-state index contributed by atoms with van der Waals surface area (Å²) < 4.78 is 25.1. The fourth-order valence-electron chi connectivity index (χ4n) is 1.80. The summed E-state index contributed by atoms with van der Waals surface area (Å²) in [6.07, 6.45) is 2.60. The fourth-order valence-corrected chi connectivity index (χ4v) is 3.94. The van der Waals surface area contributed by atoms with E-state index in [0.717, 1.165) is 32.4 Å². The van der Waals surface area contributed by atoms with E-state index in [1.54, 1.807) is 4.31 Å². The minimum atomic E-state index is -2.92. The van der Waals surface area contributed by atoms with Crippen molar-refractivity contribution in [3.63, 3.8) is 0 Å². The second-order valence-electron chi connectivity index (χ2n) is 3.88. The molecule has 2 aliphatic rings. The van der Waals surface area contributed by atoms with Crippen molar-refractivity contribution in [2.24, 2.45) is 0 Å². The number of rotatable bonds is 3. The van der Waals surface area contributed by atoms with E-state index in [1.807, 2.05) is 7.05 Å². The SMILES string of the molecule is CNC1CC(S(=O)(=O)N2CCC2)C1. The van der Waals surface area contributed by atoms with Crippen molar-refractivity contribution in [1.29, 1.82) is 0 Å². The molecular formula is C8H16N2O2S. The van der Waals surface area contributed by atoms with E-state index in [1.165, 1.54) is 0 Å². The molecule has 0 aromatic rings. The Balaban J connectivity index is 1.94. The Labute approximate surface area is 79.4 Å². The third-order valence-electron chi connectivity index (χ3n) is 3.10. The Bertz CT molecular complexity index is 279. The van der Waals surface area contributed by atoms with Crippen molar-refractivity contribution >= 4 is 10.0 Å². The molecule has 1 heterocycles. The van der Waals surface area contributed by atoms with Gasteiger partial charge in [0, 0.05) is 19.1 Å². The Morgan fingerprint density at radius 1 is 1.31 bits per heavy atom. The molecule has 0 aromatic carbocycles. The van der Waals surface area contributed by atoms with Gasteiger partial charge in [0.25, 0.3) is 0 Å². The standard InChI is InChI=1S/C8H16N2O2S/c1-9-7-5-8(6-7)13(11,12)10-3-2-4-10/h7-9H,2-6H2,1H3. The van der Waals surface area contributed by atoms with Crippen LogP contribution in [-0.2, 0) is 10.0 Å². The van der Waals surface area contributed by atoms with Crippen molar-refractivity contribution in [3.05, 3.63) is 0 Å². The smallest absolute Gasteiger partial charge is 0.217 e. The van der Waals surface area contributed by atoms with E-state index in [0.29, 0.717) is 6.04 Å². The Morgan fingerprint density at radius 2 is 1.92 bits per heavy atom. The zero-order valence-electron chi connectivity index (χ0n) is 7.86. The predicted octanol–water partition coefficient (Wildman–Crippen LogP) is -0.228. The normalized spacial score (nSPS) is 35.2. The lowest BCUT2D eigenvalue weighted by atomic mass is 9.93. The summed E-state index contributed by atoms with van der Waals surface area (Å²) in [5, 5.41) is 2.99. The van der Waals surface area contributed by atoms with Crippen LogP contribution in [0.25, 0.3) is 0 Å². The largest absolute Gasteiger partial charge is 0.317 e.